The fourth-order valence-corrected chi connectivity index (χ4v) is 5.26. The molecule has 1 saturated heterocycles. The Hall–Kier alpha value is -2.60. The van der Waals surface area contributed by atoms with Gasteiger partial charge < -0.3 is 10.6 Å². The lowest BCUT2D eigenvalue weighted by Crippen LogP contribution is -2.51. The highest BCUT2D eigenvalue weighted by Crippen LogP contribution is 2.40. The van der Waals surface area contributed by atoms with E-state index >= 15 is 0 Å². The predicted molar refractivity (Wildman–Crippen MR) is 116 cm³/mol. The smallest absolute Gasteiger partial charge is 0.257 e. The van der Waals surface area contributed by atoms with Gasteiger partial charge in [0, 0.05) is 23.4 Å². The fourth-order valence-electron chi connectivity index (χ4n) is 3.97. The van der Waals surface area contributed by atoms with E-state index in [0.29, 0.717) is 18.2 Å². The number of nitrogens with one attached hydrogen (secondary N) is 2. The van der Waals surface area contributed by atoms with Gasteiger partial charge in [0.2, 0.25) is 5.91 Å². The SMILES string of the molecule is Cc1cccc(/C=C2/SC3CCC(C(=O)NCc4ccccn4)CC3NC2=O)c1. The molecule has 4 rings (SSSR count). The van der Waals surface area contributed by atoms with Gasteiger partial charge in [-0.25, -0.2) is 0 Å². The van der Waals surface area contributed by atoms with E-state index in [1.165, 1.54) is 5.56 Å². The van der Waals surface area contributed by atoms with Gasteiger partial charge in [-0.1, -0.05) is 35.9 Å². The lowest BCUT2D eigenvalue weighted by Gasteiger charge is -2.39. The first-order valence-corrected chi connectivity index (χ1v) is 10.9. The van der Waals surface area contributed by atoms with Gasteiger partial charge in [-0.3, -0.25) is 14.6 Å². The number of rotatable bonds is 4. The van der Waals surface area contributed by atoms with Crippen LogP contribution >= 0.6 is 11.8 Å². The molecule has 5 nitrogen and oxygen atoms in total. The molecule has 2 aliphatic rings. The molecule has 1 saturated carbocycles. The quantitative estimate of drug-likeness (QED) is 0.762. The average Bonchev–Trinajstić information content (AvgIpc) is 2.73. The van der Waals surface area contributed by atoms with E-state index in [2.05, 4.69) is 21.7 Å². The number of amides is 2. The number of aryl methyl sites for hydroxylation is 1. The first-order valence-electron chi connectivity index (χ1n) is 10.0. The van der Waals surface area contributed by atoms with Crippen LogP contribution in [-0.4, -0.2) is 28.1 Å². The lowest BCUT2D eigenvalue weighted by atomic mass is 9.84. The molecule has 3 unspecified atom stereocenters. The normalized spacial score (nSPS) is 25.2. The van der Waals surface area contributed by atoms with Crippen LogP contribution in [0.5, 0.6) is 0 Å². The number of carbonyl (C=O) groups excluding carboxylic acids is 2. The molecule has 2 aromatic rings. The molecule has 6 heteroatoms. The Bertz CT molecular complexity index is 929. The highest BCUT2D eigenvalue weighted by molar-refractivity contribution is 8.04. The monoisotopic (exact) mass is 407 g/mol. The molecule has 150 valence electrons. The zero-order chi connectivity index (χ0) is 20.2. The average molecular weight is 408 g/mol. The zero-order valence-electron chi connectivity index (χ0n) is 16.4. The number of pyridine rings is 1. The minimum Gasteiger partial charge on any atom is -0.350 e. The van der Waals surface area contributed by atoms with E-state index in [1.807, 2.05) is 49.4 Å². The van der Waals surface area contributed by atoms with Crippen molar-refractivity contribution >= 4 is 29.7 Å². The van der Waals surface area contributed by atoms with Gasteiger partial charge in [-0.2, -0.15) is 0 Å². The van der Waals surface area contributed by atoms with Crippen LogP contribution in [0, 0.1) is 12.8 Å². The second kappa shape index (κ2) is 8.82. The molecule has 2 heterocycles. The molecular weight excluding hydrogens is 382 g/mol. The van der Waals surface area contributed by atoms with Crippen LogP contribution in [0.15, 0.2) is 53.6 Å². The van der Waals surface area contributed by atoms with Gasteiger partial charge in [0.15, 0.2) is 0 Å². The number of thioether (sulfide) groups is 1. The van der Waals surface area contributed by atoms with Gasteiger partial charge in [0.05, 0.1) is 17.1 Å². The Morgan fingerprint density at radius 2 is 2.17 bits per heavy atom. The summed E-state index contributed by atoms with van der Waals surface area (Å²) in [6.45, 7) is 2.49. The van der Waals surface area contributed by atoms with Crippen molar-refractivity contribution in [3.63, 3.8) is 0 Å². The van der Waals surface area contributed by atoms with E-state index in [9.17, 15) is 9.59 Å². The first kappa shape index (κ1) is 19.7. The topological polar surface area (TPSA) is 71.1 Å². The molecule has 1 aromatic heterocycles. The second-order valence-corrected chi connectivity index (χ2v) is 8.99. The number of hydrogen-bond acceptors (Lipinski definition) is 4. The summed E-state index contributed by atoms with van der Waals surface area (Å²) in [6, 6.07) is 13.9. The van der Waals surface area contributed by atoms with E-state index in [-0.39, 0.29) is 23.8 Å². The zero-order valence-corrected chi connectivity index (χ0v) is 17.2. The standard InChI is InChI=1S/C23H25N3O2S/c1-15-5-4-6-16(11-15)12-21-23(28)26-19-13-17(8-9-20(19)29-21)22(27)25-14-18-7-2-3-10-24-18/h2-7,10-12,17,19-20H,8-9,13-14H2,1H3,(H,25,27)(H,26,28)/b21-12+. The van der Waals surface area contributed by atoms with Crippen LogP contribution in [0.2, 0.25) is 0 Å². The molecule has 0 spiro atoms. The van der Waals surface area contributed by atoms with Crippen LogP contribution in [0.1, 0.15) is 36.1 Å². The summed E-state index contributed by atoms with van der Waals surface area (Å²) >= 11 is 1.66. The number of hydrogen-bond donors (Lipinski definition) is 2. The molecule has 0 bridgehead atoms. The maximum Gasteiger partial charge on any atom is 0.257 e. The number of fused-ring (bicyclic) bond motifs is 1. The van der Waals surface area contributed by atoms with Crippen molar-refractivity contribution in [1.29, 1.82) is 0 Å². The molecule has 3 atom stereocenters. The maximum atomic E-state index is 12.6. The summed E-state index contributed by atoms with van der Waals surface area (Å²) < 4.78 is 0. The fraction of sp³-hybridized carbons (Fsp3) is 0.348. The number of carbonyl (C=O) groups is 2. The lowest BCUT2D eigenvalue weighted by molar-refractivity contribution is -0.127. The van der Waals surface area contributed by atoms with Crippen molar-refractivity contribution < 1.29 is 9.59 Å². The van der Waals surface area contributed by atoms with Crippen molar-refractivity contribution in [1.82, 2.24) is 15.6 Å². The molecule has 2 fully saturated rings. The van der Waals surface area contributed by atoms with Crippen molar-refractivity contribution in [3.05, 3.63) is 70.4 Å². The molecule has 29 heavy (non-hydrogen) atoms. The molecule has 2 N–H and O–H groups in total. The van der Waals surface area contributed by atoms with Gasteiger partial charge in [-0.05, 0) is 50.0 Å². The predicted octanol–water partition coefficient (Wildman–Crippen LogP) is 3.45. The highest BCUT2D eigenvalue weighted by Gasteiger charge is 2.39. The molecule has 2 amide bonds. The third-order valence-corrected chi connectivity index (χ3v) is 6.91. The van der Waals surface area contributed by atoms with Gasteiger partial charge in [0.25, 0.3) is 5.91 Å². The summed E-state index contributed by atoms with van der Waals surface area (Å²) in [6.07, 6.45) is 6.14. The maximum absolute atomic E-state index is 12.6. The molecule has 1 aliphatic heterocycles. The van der Waals surface area contributed by atoms with Gasteiger partial charge in [0.1, 0.15) is 0 Å². The summed E-state index contributed by atoms with van der Waals surface area (Å²) in [5.41, 5.74) is 3.07. The molecule has 1 aromatic carbocycles. The third kappa shape index (κ3) is 4.88. The summed E-state index contributed by atoms with van der Waals surface area (Å²) in [7, 11) is 0. The van der Waals surface area contributed by atoms with Crippen molar-refractivity contribution in [2.75, 3.05) is 0 Å². The Morgan fingerprint density at radius 1 is 1.28 bits per heavy atom. The Labute approximate surface area is 175 Å². The summed E-state index contributed by atoms with van der Waals surface area (Å²) in [5.74, 6) is -0.0510. The Kier molecular flexibility index (Phi) is 6.00. The van der Waals surface area contributed by atoms with Crippen molar-refractivity contribution in [2.24, 2.45) is 5.92 Å². The van der Waals surface area contributed by atoms with Crippen LogP contribution in [0.25, 0.3) is 6.08 Å². The highest BCUT2D eigenvalue weighted by atomic mass is 32.2. The second-order valence-electron chi connectivity index (χ2n) is 7.71. The number of aromatic nitrogens is 1. The van der Waals surface area contributed by atoms with Crippen LogP contribution in [0.3, 0.4) is 0 Å². The third-order valence-electron chi connectivity index (χ3n) is 5.49. The van der Waals surface area contributed by atoms with E-state index in [0.717, 1.165) is 29.0 Å². The summed E-state index contributed by atoms with van der Waals surface area (Å²) in [4.78, 5) is 30.2. The summed E-state index contributed by atoms with van der Waals surface area (Å²) in [5, 5.41) is 6.45. The van der Waals surface area contributed by atoms with Crippen molar-refractivity contribution in [2.45, 2.75) is 44.0 Å². The van der Waals surface area contributed by atoms with E-state index in [1.54, 1.807) is 18.0 Å². The largest absolute Gasteiger partial charge is 0.350 e. The van der Waals surface area contributed by atoms with Crippen LogP contribution in [-0.2, 0) is 16.1 Å². The van der Waals surface area contributed by atoms with Crippen LogP contribution < -0.4 is 10.6 Å². The number of nitrogens with zero attached hydrogens (tertiary/aromatic N) is 1. The molecular formula is C23H25N3O2S. The van der Waals surface area contributed by atoms with E-state index < -0.39 is 0 Å². The Balaban J connectivity index is 1.35. The van der Waals surface area contributed by atoms with Crippen LogP contribution in [0.4, 0.5) is 0 Å². The minimum absolute atomic E-state index is 0.0349. The molecule has 0 radical (unpaired) electrons. The number of benzene rings is 1. The van der Waals surface area contributed by atoms with Gasteiger partial charge >= 0.3 is 0 Å². The van der Waals surface area contributed by atoms with Crippen molar-refractivity contribution in [3.8, 4) is 0 Å². The molecule has 1 aliphatic carbocycles. The van der Waals surface area contributed by atoms with Gasteiger partial charge in [-0.15, -0.1) is 11.8 Å². The van der Waals surface area contributed by atoms with E-state index in [4.69, 9.17) is 0 Å². The minimum atomic E-state index is -0.0665. The first-order chi connectivity index (χ1) is 14.1. The Morgan fingerprint density at radius 3 is 2.97 bits per heavy atom.